The van der Waals surface area contributed by atoms with E-state index in [0.717, 1.165) is 24.4 Å². The van der Waals surface area contributed by atoms with Crippen molar-refractivity contribution in [3.05, 3.63) is 29.0 Å². The summed E-state index contributed by atoms with van der Waals surface area (Å²) in [4.78, 5) is 4.02. The van der Waals surface area contributed by atoms with Crippen LogP contribution in [0.4, 0.5) is 0 Å². The monoisotopic (exact) mass is 254 g/mol. The first-order valence-corrected chi connectivity index (χ1v) is 6.63. The Morgan fingerprint density at radius 3 is 2.65 bits per heavy atom. The third-order valence-corrected chi connectivity index (χ3v) is 3.20. The van der Waals surface area contributed by atoms with Crippen molar-refractivity contribution in [2.45, 2.75) is 46.1 Å². The number of hydrogen-bond acceptors (Lipinski definition) is 2. The van der Waals surface area contributed by atoms with E-state index in [4.69, 9.17) is 11.6 Å². The molecule has 0 aliphatic carbocycles. The Bertz CT molecular complexity index is 344. The Balaban J connectivity index is 2.56. The van der Waals surface area contributed by atoms with Crippen molar-refractivity contribution in [3.63, 3.8) is 0 Å². The zero-order chi connectivity index (χ0) is 12.9. The number of pyridine rings is 1. The molecular formula is C14H23ClN2. The van der Waals surface area contributed by atoms with Gasteiger partial charge in [0, 0.05) is 17.9 Å². The largest absolute Gasteiger partial charge is 0.312 e. The summed E-state index contributed by atoms with van der Waals surface area (Å²) in [6.07, 6.45) is 5.70. The third kappa shape index (κ3) is 5.51. The summed E-state index contributed by atoms with van der Waals surface area (Å²) in [6, 6.07) is 2.02. The molecule has 0 spiro atoms. The van der Waals surface area contributed by atoms with Crippen molar-refractivity contribution in [1.29, 1.82) is 0 Å². The molecule has 0 bridgehead atoms. The fraction of sp³-hybridized carbons (Fsp3) is 0.643. The highest BCUT2D eigenvalue weighted by atomic mass is 35.5. The van der Waals surface area contributed by atoms with E-state index in [1.54, 1.807) is 6.20 Å². The molecule has 0 amide bonds. The normalized spacial score (nSPS) is 13.7. The number of rotatable bonds is 5. The van der Waals surface area contributed by atoms with Gasteiger partial charge in [-0.2, -0.15) is 0 Å². The lowest BCUT2D eigenvalue weighted by Crippen LogP contribution is -2.39. The summed E-state index contributed by atoms with van der Waals surface area (Å²) in [5, 5.41) is 4.33. The average Bonchev–Trinajstić information content (AvgIpc) is 2.25. The van der Waals surface area contributed by atoms with E-state index >= 15 is 0 Å². The van der Waals surface area contributed by atoms with Crippen LogP contribution in [0.1, 0.15) is 39.7 Å². The fourth-order valence-corrected chi connectivity index (χ4v) is 1.89. The highest BCUT2D eigenvalue weighted by Gasteiger charge is 2.14. The van der Waals surface area contributed by atoms with Gasteiger partial charge in [-0.15, -0.1) is 0 Å². The summed E-state index contributed by atoms with van der Waals surface area (Å²) >= 11 is 6.13. The molecule has 0 aromatic carbocycles. The van der Waals surface area contributed by atoms with Crippen molar-refractivity contribution in [2.75, 3.05) is 6.54 Å². The number of nitrogens with one attached hydrogen (secondary N) is 1. The Kier molecular flexibility index (Phi) is 5.41. The van der Waals surface area contributed by atoms with E-state index in [9.17, 15) is 0 Å². The molecule has 1 aromatic rings. The van der Waals surface area contributed by atoms with E-state index < -0.39 is 0 Å². The highest BCUT2D eigenvalue weighted by molar-refractivity contribution is 6.31. The molecule has 1 aromatic heterocycles. The van der Waals surface area contributed by atoms with Crippen LogP contribution in [-0.4, -0.2) is 17.1 Å². The fourth-order valence-electron chi connectivity index (χ4n) is 1.69. The van der Waals surface area contributed by atoms with Crippen LogP contribution in [0.2, 0.25) is 5.02 Å². The maximum atomic E-state index is 6.13. The van der Waals surface area contributed by atoms with Crippen molar-refractivity contribution in [3.8, 4) is 0 Å². The van der Waals surface area contributed by atoms with Crippen LogP contribution >= 0.6 is 11.6 Å². The van der Waals surface area contributed by atoms with E-state index in [-0.39, 0.29) is 5.54 Å². The standard InChI is InChI=1S/C14H23ClN2/c1-5-11(9-17-14(2,3)4)8-12-6-7-16-10-13(12)15/h6-7,10-11,17H,5,8-9H2,1-4H3. The van der Waals surface area contributed by atoms with E-state index in [1.807, 2.05) is 12.3 Å². The minimum Gasteiger partial charge on any atom is -0.312 e. The molecule has 2 nitrogen and oxygen atoms in total. The molecule has 0 radical (unpaired) electrons. The van der Waals surface area contributed by atoms with Gasteiger partial charge in [0.15, 0.2) is 0 Å². The van der Waals surface area contributed by atoms with Crippen molar-refractivity contribution >= 4 is 11.6 Å². The molecule has 0 aliphatic heterocycles. The lowest BCUT2D eigenvalue weighted by molar-refractivity contribution is 0.363. The van der Waals surface area contributed by atoms with Gasteiger partial charge < -0.3 is 5.32 Å². The van der Waals surface area contributed by atoms with Gasteiger partial charge in [0.2, 0.25) is 0 Å². The van der Waals surface area contributed by atoms with Crippen LogP contribution in [0.5, 0.6) is 0 Å². The molecule has 1 heterocycles. The second kappa shape index (κ2) is 6.36. The van der Waals surface area contributed by atoms with Gasteiger partial charge in [-0.3, -0.25) is 4.98 Å². The van der Waals surface area contributed by atoms with Crippen molar-refractivity contribution in [1.82, 2.24) is 10.3 Å². The SMILES string of the molecule is CCC(CNC(C)(C)C)Cc1ccncc1Cl. The maximum Gasteiger partial charge on any atom is 0.0621 e. The van der Waals surface area contributed by atoms with E-state index in [1.165, 1.54) is 5.56 Å². The van der Waals surface area contributed by atoms with Crippen LogP contribution in [0.15, 0.2) is 18.5 Å². The minimum absolute atomic E-state index is 0.176. The lowest BCUT2D eigenvalue weighted by atomic mass is 9.96. The molecule has 3 heteroatoms. The quantitative estimate of drug-likeness (QED) is 0.867. The summed E-state index contributed by atoms with van der Waals surface area (Å²) < 4.78 is 0. The summed E-state index contributed by atoms with van der Waals surface area (Å²) in [7, 11) is 0. The summed E-state index contributed by atoms with van der Waals surface area (Å²) in [6.45, 7) is 9.83. The van der Waals surface area contributed by atoms with E-state index in [2.05, 4.69) is 38.0 Å². The van der Waals surface area contributed by atoms with Crippen LogP contribution < -0.4 is 5.32 Å². The highest BCUT2D eigenvalue weighted by Crippen LogP contribution is 2.19. The van der Waals surface area contributed by atoms with Gasteiger partial charge in [-0.1, -0.05) is 24.9 Å². The third-order valence-electron chi connectivity index (χ3n) is 2.86. The Labute approximate surface area is 110 Å². The number of halogens is 1. The smallest absolute Gasteiger partial charge is 0.0621 e. The predicted octanol–water partition coefficient (Wildman–Crippen LogP) is 3.69. The average molecular weight is 255 g/mol. The molecule has 96 valence electrons. The van der Waals surface area contributed by atoms with Crippen LogP contribution in [0.3, 0.4) is 0 Å². The lowest BCUT2D eigenvalue weighted by Gasteiger charge is -2.25. The minimum atomic E-state index is 0.176. The van der Waals surface area contributed by atoms with Gasteiger partial charge in [-0.25, -0.2) is 0 Å². The zero-order valence-electron chi connectivity index (χ0n) is 11.3. The number of aromatic nitrogens is 1. The molecule has 0 saturated carbocycles. The first-order valence-electron chi connectivity index (χ1n) is 6.26. The molecule has 1 unspecified atom stereocenters. The number of hydrogen-bond donors (Lipinski definition) is 1. The van der Waals surface area contributed by atoms with Gasteiger partial charge in [0.25, 0.3) is 0 Å². The topological polar surface area (TPSA) is 24.9 Å². The predicted molar refractivity (Wildman–Crippen MR) is 74.5 cm³/mol. The Morgan fingerprint density at radius 2 is 2.12 bits per heavy atom. The van der Waals surface area contributed by atoms with Crippen LogP contribution in [0, 0.1) is 5.92 Å². The van der Waals surface area contributed by atoms with E-state index in [0.29, 0.717) is 5.92 Å². The number of nitrogens with zero attached hydrogens (tertiary/aromatic N) is 1. The van der Waals surface area contributed by atoms with Crippen LogP contribution in [0.25, 0.3) is 0 Å². The Hall–Kier alpha value is -0.600. The van der Waals surface area contributed by atoms with Gasteiger partial charge in [0.05, 0.1) is 5.02 Å². The molecule has 0 aliphatic rings. The summed E-state index contributed by atoms with van der Waals surface area (Å²) in [5.74, 6) is 0.620. The van der Waals surface area contributed by atoms with Gasteiger partial charge in [-0.05, 0) is 51.3 Å². The van der Waals surface area contributed by atoms with Gasteiger partial charge in [0.1, 0.15) is 0 Å². The second-order valence-electron chi connectivity index (χ2n) is 5.58. The Morgan fingerprint density at radius 1 is 1.41 bits per heavy atom. The molecule has 0 fully saturated rings. The first kappa shape index (κ1) is 14.5. The molecular weight excluding hydrogens is 232 g/mol. The molecule has 1 rings (SSSR count). The van der Waals surface area contributed by atoms with Gasteiger partial charge >= 0.3 is 0 Å². The molecule has 17 heavy (non-hydrogen) atoms. The molecule has 1 N–H and O–H groups in total. The molecule has 1 atom stereocenters. The summed E-state index contributed by atoms with van der Waals surface area (Å²) in [5.41, 5.74) is 1.37. The second-order valence-corrected chi connectivity index (χ2v) is 5.98. The zero-order valence-corrected chi connectivity index (χ0v) is 12.0. The van der Waals surface area contributed by atoms with Crippen molar-refractivity contribution in [2.24, 2.45) is 5.92 Å². The van der Waals surface area contributed by atoms with Crippen LogP contribution in [-0.2, 0) is 6.42 Å². The maximum absolute atomic E-state index is 6.13. The molecule has 0 saturated heterocycles. The first-order chi connectivity index (χ1) is 7.92. The van der Waals surface area contributed by atoms with Crippen molar-refractivity contribution < 1.29 is 0 Å².